The Morgan fingerprint density at radius 2 is 1.04 bits per heavy atom. The van der Waals surface area contributed by atoms with Crippen molar-refractivity contribution in [2.45, 2.75) is 84.0 Å². The first-order chi connectivity index (χ1) is 26.8. The van der Waals surface area contributed by atoms with Gasteiger partial charge in [0.25, 0.3) is 0 Å². The Labute approximate surface area is 328 Å². The quantitative estimate of drug-likeness (QED) is 0.0715. The highest BCUT2D eigenvalue weighted by Crippen LogP contribution is 2.35. The van der Waals surface area contributed by atoms with Gasteiger partial charge in [0.1, 0.15) is 11.5 Å². The van der Waals surface area contributed by atoms with Crippen molar-refractivity contribution >= 4 is 46.4 Å². The number of benzene rings is 1. The molecule has 2 aliphatic heterocycles. The van der Waals surface area contributed by atoms with E-state index in [1.807, 2.05) is 6.07 Å². The maximum atomic E-state index is 6.36. The molecule has 0 aliphatic carbocycles. The van der Waals surface area contributed by atoms with E-state index in [2.05, 4.69) is 128 Å². The molecular formula is C47H62N6O2. The zero-order valence-corrected chi connectivity index (χ0v) is 33.9. The van der Waals surface area contributed by atoms with E-state index in [1.165, 1.54) is 56.9 Å². The largest absolute Gasteiger partial charge is 0.493 e. The van der Waals surface area contributed by atoms with Crippen LogP contribution >= 0.6 is 0 Å². The normalized spacial score (nSPS) is 12.3. The number of nitrogens with one attached hydrogen (secondary N) is 2. The Morgan fingerprint density at radius 1 is 0.545 bits per heavy atom. The van der Waals surface area contributed by atoms with Crippen LogP contribution in [0.25, 0.3) is 57.5 Å². The molecule has 0 fully saturated rings. The van der Waals surface area contributed by atoms with Crippen LogP contribution in [0.5, 0.6) is 11.5 Å². The number of rotatable bonds is 21. The second kappa shape index (κ2) is 20.3. The summed E-state index contributed by atoms with van der Waals surface area (Å²) in [4.78, 5) is 22.1. The summed E-state index contributed by atoms with van der Waals surface area (Å²) in [5.74, 6) is 1.60. The third-order valence-corrected chi connectivity index (χ3v) is 10.2. The van der Waals surface area contributed by atoms with E-state index >= 15 is 0 Å². The van der Waals surface area contributed by atoms with Crippen molar-refractivity contribution in [3.63, 3.8) is 0 Å². The fourth-order valence-corrected chi connectivity index (χ4v) is 7.34. The number of H-pyrrole nitrogens is 2. The highest BCUT2D eigenvalue weighted by Gasteiger charge is 2.14. The lowest BCUT2D eigenvalue weighted by molar-refractivity contribution is 0.270. The Hall–Kier alpha value is -4.66. The van der Waals surface area contributed by atoms with Gasteiger partial charge >= 0.3 is 0 Å². The molecule has 2 aliphatic rings. The van der Waals surface area contributed by atoms with Crippen LogP contribution in [0.4, 0.5) is 0 Å². The number of unbranched alkanes of at least 4 members (excludes halogenated alkanes) is 8. The molecule has 0 saturated heterocycles. The molecule has 8 heteroatoms. The van der Waals surface area contributed by atoms with Crippen LogP contribution in [0.2, 0.25) is 0 Å². The fraction of sp³-hybridized carbons (Fsp3) is 0.447. The van der Waals surface area contributed by atoms with Crippen LogP contribution in [0.1, 0.15) is 106 Å². The Balaban J connectivity index is 1.36. The average molecular weight is 743 g/mol. The van der Waals surface area contributed by atoms with Crippen molar-refractivity contribution in [1.82, 2.24) is 29.7 Å². The topological polar surface area (TPSA) is 82.3 Å². The van der Waals surface area contributed by atoms with Crippen molar-refractivity contribution in [3.8, 4) is 22.6 Å². The number of hydrogen-bond acceptors (Lipinski definition) is 6. The third-order valence-electron chi connectivity index (χ3n) is 10.2. The first kappa shape index (κ1) is 40.0. The third kappa shape index (κ3) is 11.9. The van der Waals surface area contributed by atoms with E-state index in [0.717, 1.165) is 106 Å². The molecule has 0 unspecified atom stereocenters. The molecule has 0 atom stereocenters. The second-order valence-electron chi connectivity index (χ2n) is 15.6. The molecule has 8 bridgehead atoms. The number of ether oxygens (including phenoxy) is 2. The minimum absolute atomic E-state index is 0.627. The molecule has 0 amide bonds. The molecule has 2 N–H and O–H groups in total. The zero-order chi connectivity index (χ0) is 38.4. The highest BCUT2D eigenvalue weighted by atomic mass is 16.5. The predicted molar refractivity (Wildman–Crippen MR) is 233 cm³/mol. The molecule has 1 aromatic carbocycles. The van der Waals surface area contributed by atoms with E-state index in [4.69, 9.17) is 19.4 Å². The summed E-state index contributed by atoms with van der Waals surface area (Å²) in [5.41, 5.74) is 11.2. The summed E-state index contributed by atoms with van der Waals surface area (Å²) in [6.45, 7) is 5.46. The SMILES string of the molecule is CCCCCCCCCCCc1c2nc(cc3ccc([nH]3)c(-c3cc(OCCCN(C)C)cc(OCCCN(C)C)c3)c3ccc(cc4nc1C=C4)[nH]3)C=C2. The van der Waals surface area contributed by atoms with Gasteiger partial charge in [0.2, 0.25) is 0 Å². The fourth-order valence-electron chi connectivity index (χ4n) is 7.34. The summed E-state index contributed by atoms with van der Waals surface area (Å²) in [6, 6.07) is 19.1. The lowest BCUT2D eigenvalue weighted by Crippen LogP contribution is -2.16. The van der Waals surface area contributed by atoms with Crippen molar-refractivity contribution in [2.24, 2.45) is 0 Å². The Kier molecular flexibility index (Phi) is 14.8. The van der Waals surface area contributed by atoms with E-state index in [9.17, 15) is 0 Å². The van der Waals surface area contributed by atoms with Crippen LogP contribution in [0, 0.1) is 0 Å². The van der Waals surface area contributed by atoms with E-state index in [0.29, 0.717) is 13.2 Å². The number of hydrogen-bond donors (Lipinski definition) is 2. The van der Waals surface area contributed by atoms with Gasteiger partial charge in [-0.3, -0.25) is 0 Å². The molecule has 6 rings (SSSR count). The minimum atomic E-state index is 0.627. The van der Waals surface area contributed by atoms with Crippen molar-refractivity contribution in [3.05, 3.63) is 82.9 Å². The first-order valence-corrected chi connectivity index (χ1v) is 20.6. The molecule has 0 radical (unpaired) electrons. The molecule has 0 spiro atoms. The molecule has 55 heavy (non-hydrogen) atoms. The first-order valence-electron chi connectivity index (χ1n) is 20.6. The summed E-state index contributed by atoms with van der Waals surface area (Å²) >= 11 is 0. The smallest absolute Gasteiger partial charge is 0.123 e. The van der Waals surface area contributed by atoms with Crippen LogP contribution in [-0.2, 0) is 6.42 Å². The van der Waals surface area contributed by atoms with Crippen LogP contribution in [0.3, 0.4) is 0 Å². The zero-order valence-electron chi connectivity index (χ0n) is 33.9. The molecule has 8 nitrogen and oxygen atoms in total. The lowest BCUT2D eigenvalue weighted by Gasteiger charge is -2.15. The molecule has 0 saturated carbocycles. The van der Waals surface area contributed by atoms with E-state index < -0.39 is 0 Å². The van der Waals surface area contributed by atoms with E-state index in [-0.39, 0.29) is 0 Å². The number of aromatic nitrogens is 4. The van der Waals surface area contributed by atoms with Crippen LogP contribution in [-0.4, -0.2) is 84.2 Å². The lowest BCUT2D eigenvalue weighted by atomic mass is 10.0. The second-order valence-corrected chi connectivity index (χ2v) is 15.6. The Bertz CT molecular complexity index is 1940. The van der Waals surface area contributed by atoms with Gasteiger partial charge in [0, 0.05) is 52.3 Å². The van der Waals surface area contributed by atoms with Crippen LogP contribution < -0.4 is 9.47 Å². The molecule has 4 aromatic rings. The van der Waals surface area contributed by atoms with Crippen LogP contribution in [0.15, 0.2) is 54.6 Å². The van der Waals surface area contributed by atoms with Gasteiger partial charge in [-0.25, -0.2) is 9.97 Å². The summed E-state index contributed by atoms with van der Waals surface area (Å²) in [5, 5.41) is 0. The molecule has 5 heterocycles. The number of nitrogens with zero attached hydrogens (tertiary/aromatic N) is 4. The van der Waals surface area contributed by atoms with Gasteiger partial charge < -0.3 is 29.2 Å². The molecule has 292 valence electrons. The van der Waals surface area contributed by atoms with E-state index in [1.54, 1.807) is 0 Å². The number of aromatic amines is 2. The van der Waals surface area contributed by atoms with Gasteiger partial charge in [0.05, 0.1) is 36.0 Å². The van der Waals surface area contributed by atoms with Gasteiger partial charge in [-0.05, 0) is 132 Å². The van der Waals surface area contributed by atoms with Gasteiger partial charge in [-0.1, -0.05) is 58.3 Å². The van der Waals surface area contributed by atoms with Crippen molar-refractivity contribution < 1.29 is 9.47 Å². The highest BCUT2D eigenvalue weighted by molar-refractivity contribution is 5.94. The standard InChI is InChI=1S/C47H62N6O2/c1-6-7-8-9-10-11-12-13-14-17-42-43-22-18-36(48-43)32-38-20-24-45(50-38)47(46-25-21-39(51-46)33-37-19-23-44(42)49-37)35-30-40(54-28-15-26-52(2)3)34-41(31-35)55-29-16-27-53(4)5/h18-25,30-34,50-51H,6-17,26-29H2,1-5H3. The number of fused-ring (bicyclic) bond motifs is 8. The monoisotopic (exact) mass is 742 g/mol. The van der Waals surface area contributed by atoms with Crippen molar-refractivity contribution in [1.29, 1.82) is 0 Å². The summed E-state index contributed by atoms with van der Waals surface area (Å²) in [6.07, 6.45) is 23.2. The maximum absolute atomic E-state index is 6.36. The van der Waals surface area contributed by atoms with Gasteiger partial charge in [0.15, 0.2) is 0 Å². The molecular weight excluding hydrogens is 681 g/mol. The van der Waals surface area contributed by atoms with Gasteiger partial charge in [-0.2, -0.15) is 0 Å². The summed E-state index contributed by atoms with van der Waals surface area (Å²) < 4.78 is 12.7. The maximum Gasteiger partial charge on any atom is 0.123 e. The Morgan fingerprint density at radius 3 is 1.53 bits per heavy atom. The molecule has 3 aromatic heterocycles. The van der Waals surface area contributed by atoms with Gasteiger partial charge in [-0.15, -0.1) is 0 Å². The minimum Gasteiger partial charge on any atom is -0.493 e. The average Bonchev–Trinajstić information content (AvgIpc) is 4.00. The van der Waals surface area contributed by atoms with Crippen molar-refractivity contribution in [2.75, 3.05) is 54.5 Å². The predicted octanol–water partition coefficient (Wildman–Crippen LogP) is 11.1. The summed E-state index contributed by atoms with van der Waals surface area (Å²) in [7, 11) is 8.36.